The van der Waals surface area contributed by atoms with Crippen LogP contribution in [0.5, 0.6) is 17.2 Å². The molecule has 34 heavy (non-hydrogen) atoms. The number of rotatable bonds is 9. The Balaban J connectivity index is 1.85. The van der Waals surface area contributed by atoms with Crippen molar-refractivity contribution in [1.29, 1.82) is 0 Å². The summed E-state index contributed by atoms with van der Waals surface area (Å²) in [4.78, 5) is 23.4. The van der Waals surface area contributed by atoms with Crippen molar-refractivity contribution in [3.63, 3.8) is 0 Å². The third kappa shape index (κ3) is 5.81. The van der Waals surface area contributed by atoms with Crippen molar-refractivity contribution in [3.8, 4) is 17.2 Å². The second-order valence-corrected chi connectivity index (χ2v) is 9.13. The van der Waals surface area contributed by atoms with Gasteiger partial charge in [0.2, 0.25) is 15.9 Å². The van der Waals surface area contributed by atoms with E-state index in [1.54, 1.807) is 24.3 Å². The lowest BCUT2D eigenvalue weighted by atomic mass is 10.2. The van der Waals surface area contributed by atoms with Crippen LogP contribution in [0.3, 0.4) is 0 Å². The van der Waals surface area contributed by atoms with Gasteiger partial charge >= 0.3 is 0 Å². The van der Waals surface area contributed by atoms with Crippen molar-refractivity contribution in [1.82, 2.24) is 0 Å². The van der Waals surface area contributed by atoms with E-state index >= 15 is 0 Å². The summed E-state index contributed by atoms with van der Waals surface area (Å²) in [7, 11) is -2.52. The fourth-order valence-electron chi connectivity index (χ4n) is 3.24. The number of hydrogen-bond acceptors (Lipinski definition) is 7. The average molecular weight is 486 g/mol. The minimum atomic E-state index is -3.87. The molecule has 178 valence electrons. The van der Waals surface area contributed by atoms with E-state index in [0.717, 1.165) is 16.6 Å². The van der Waals surface area contributed by atoms with Crippen LogP contribution in [0.2, 0.25) is 0 Å². The van der Waals surface area contributed by atoms with E-state index in [-0.39, 0.29) is 22.8 Å². The van der Waals surface area contributed by atoms with E-state index in [9.17, 15) is 23.3 Å². The zero-order chi connectivity index (χ0) is 24.9. The maximum absolute atomic E-state index is 13.0. The molecule has 3 aromatic carbocycles. The topological polar surface area (TPSA) is 128 Å². The third-order valence-electron chi connectivity index (χ3n) is 4.81. The van der Waals surface area contributed by atoms with Gasteiger partial charge in [0, 0.05) is 12.1 Å². The normalized spacial score (nSPS) is 11.9. The quantitative estimate of drug-likeness (QED) is 0.355. The average Bonchev–Trinajstić information content (AvgIpc) is 2.80. The van der Waals surface area contributed by atoms with Crippen LogP contribution in [0.4, 0.5) is 17.1 Å². The van der Waals surface area contributed by atoms with E-state index in [1.165, 1.54) is 38.3 Å². The molecule has 0 aliphatic heterocycles. The highest BCUT2D eigenvalue weighted by molar-refractivity contribution is 7.92. The van der Waals surface area contributed by atoms with Gasteiger partial charge in [-0.2, -0.15) is 0 Å². The van der Waals surface area contributed by atoms with Crippen LogP contribution in [0.15, 0.2) is 72.8 Å². The van der Waals surface area contributed by atoms with Crippen LogP contribution < -0.4 is 19.1 Å². The van der Waals surface area contributed by atoms with Gasteiger partial charge in [-0.1, -0.05) is 18.2 Å². The van der Waals surface area contributed by atoms with Crippen molar-refractivity contribution in [2.24, 2.45) is 0 Å². The molecule has 0 spiro atoms. The Kier molecular flexibility index (Phi) is 7.37. The van der Waals surface area contributed by atoms with Crippen molar-refractivity contribution in [2.45, 2.75) is 13.0 Å². The van der Waals surface area contributed by atoms with Gasteiger partial charge in [0.1, 0.15) is 23.3 Å². The van der Waals surface area contributed by atoms with Gasteiger partial charge in [-0.05, 0) is 49.4 Å². The minimum absolute atomic E-state index is 0.0496. The second-order valence-electron chi connectivity index (χ2n) is 7.27. The SMILES string of the molecule is COc1ccc([N+](=O)[O-])cc1NC(=O)[C@H](C)N(c1ccc(Oc2ccccc2)cc1)S(C)(=O)=O. The van der Waals surface area contributed by atoms with Crippen LogP contribution in [0, 0.1) is 10.1 Å². The largest absolute Gasteiger partial charge is 0.495 e. The number of nitro benzene ring substituents is 1. The molecule has 0 bridgehead atoms. The zero-order valence-corrected chi connectivity index (χ0v) is 19.5. The number of anilines is 2. The smallest absolute Gasteiger partial charge is 0.271 e. The first kappa shape index (κ1) is 24.5. The molecule has 0 aliphatic carbocycles. The predicted octanol–water partition coefficient (Wildman–Crippen LogP) is 4.19. The number of carbonyl (C=O) groups excluding carboxylic acids is 1. The summed E-state index contributed by atoms with van der Waals surface area (Å²) in [5.74, 6) is 0.601. The number of ether oxygens (including phenoxy) is 2. The van der Waals surface area contributed by atoms with Gasteiger partial charge in [-0.25, -0.2) is 8.42 Å². The van der Waals surface area contributed by atoms with E-state index in [0.29, 0.717) is 11.5 Å². The summed E-state index contributed by atoms with van der Waals surface area (Å²) in [6.45, 7) is 1.41. The summed E-state index contributed by atoms with van der Waals surface area (Å²) in [6.07, 6.45) is 0.985. The Labute approximate surface area is 196 Å². The van der Waals surface area contributed by atoms with E-state index in [1.807, 2.05) is 18.2 Å². The van der Waals surface area contributed by atoms with Crippen molar-refractivity contribution < 1.29 is 27.6 Å². The molecule has 0 saturated carbocycles. The molecule has 1 N–H and O–H groups in total. The first-order valence-electron chi connectivity index (χ1n) is 10.1. The fourth-order valence-corrected chi connectivity index (χ4v) is 4.41. The van der Waals surface area contributed by atoms with Gasteiger partial charge in [0.05, 0.1) is 29.7 Å². The number of sulfonamides is 1. The van der Waals surface area contributed by atoms with E-state index < -0.39 is 26.9 Å². The van der Waals surface area contributed by atoms with E-state index in [4.69, 9.17) is 9.47 Å². The standard InChI is InChI=1S/C23H23N3O7S/c1-16(23(27)24-21-15-18(26(28)29)11-14-22(21)32-2)25(34(3,30)31)17-9-12-20(13-10-17)33-19-7-5-4-6-8-19/h4-16H,1-3H3,(H,24,27)/t16-/m0/s1. The summed E-state index contributed by atoms with van der Waals surface area (Å²) in [5, 5.41) is 13.6. The summed E-state index contributed by atoms with van der Waals surface area (Å²) < 4.78 is 37.0. The molecule has 3 rings (SSSR count). The summed E-state index contributed by atoms with van der Waals surface area (Å²) in [5.41, 5.74) is 0.0444. The molecule has 1 atom stereocenters. The van der Waals surface area contributed by atoms with Gasteiger partial charge in [0.25, 0.3) is 5.69 Å². The Morgan fingerprint density at radius 1 is 1.03 bits per heavy atom. The van der Waals surface area contributed by atoms with Crippen molar-refractivity contribution in [3.05, 3.63) is 82.9 Å². The van der Waals surface area contributed by atoms with Crippen LogP contribution >= 0.6 is 0 Å². The van der Waals surface area contributed by atoms with Crippen LogP contribution in [-0.4, -0.2) is 38.7 Å². The van der Waals surface area contributed by atoms with Crippen LogP contribution in [0.1, 0.15) is 6.92 Å². The number of nitrogens with one attached hydrogen (secondary N) is 1. The molecule has 10 nitrogen and oxygen atoms in total. The summed E-state index contributed by atoms with van der Waals surface area (Å²) in [6, 6.07) is 17.9. The molecule has 1 amide bonds. The first-order chi connectivity index (χ1) is 16.1. The lowest BCUT2D eigenvalue weighted by Crippen LogP contribution is -2.45. The number of para-hydroxylation sites is 1. The van der Waals surface area contributed by atoms with Crippen molar-refractivity contribution >= 4 is 33.0 Å². The van der Waals surface area contributed by atoms with Gasteiger partial charge in [-0.15, -0.1) is 0 Å². The lowest BCUT2D eigenvalue weighted by Gasteiger charge is -2.28. The number of amides is 1. The number of hydrogen-bond donors (Lipinski definition) is 1. The van der Waals surface area contributed by atoms with Gasteiger partial charge in [-0.3, -0.25) is 19.2 Å². The number of carbonyl (C=O) groups is 1. The maximum atomic E-state index is 13.0. The number of methoxy groups -OCH3 is 1. The minimum Gasteiger partial charge on any atom is -0.495 e. The molecule has 0 heterocycles. The van der Waals surface area contributed by atoms with Crippen LogP contribution in [0.25, 0.3) is 0 Å². The highest BCUT2D eigenvalue weighted by Crippen LogP contribution is 2.30. The highest BCUT2D eigenvalue weighted by Gasteiger charge is 2.30. The Hall–Kier alpha value is -4.12. The molecule has 0 unspecified atom stereocenters. The van der Waals surface area contributed by atoms with Gasteiger partial charge in [0.15, 0.2) is 0 Å². The van der Waals surface area contributed by atoms with Crippen molar-refractivity contribution in [2.75, 3.05) is 23.0 Å². The Morgan fingerprint density at radius 3 is 2.21 bits per heavy atom. The van der Waals surface area contributed by atoms with Gasteiger partial charge < -0.3 is 14.8 Å². The Bertz CT molecular complexity index is 1280. The number of benzene rings is 3. The molecular weight excluding hydrogens is 462 g/mol. The number of nitro groups is 1. The third-order valence-corrected chi connectivity index (χ3v) is 6.05. The second kappa shape index (κ2) is 10.2. The number of nitrogens with zero attached hydrogens (tertiary/aromatic N) is 2. The first-order valence-corrected chi connectivity index (χ1v) is 11.9. The fraction of sp³-hybridized carbons (Fsp3) is 0.174. The molecule has 0 saturated heterocycles. The molecule has 11 heteroatoms. The highest BCUT2D eigenvalue weighted by atomic mass is 32.2. The van der Waals surface area contributed by atoms with E-state index in [2.05, 4.69) is 5.32 Å². The monoisotopic (exact) mass is 485 g/mol. The maximum Gasteiger partial charge on any atom is 0.271 e. The summed E-state index contributed by atoms with van der Waals surface area (Å²) >= 11 is 0. The zero-order valence-electron chi connectivity index (χ0n) is 18.7. The Morgan fingerprint density at radius 2 is 1.65 bits per heavy atom. The predicted molar refractivity (Wildman–Crippen MR) is 128 cm³/mol. The molecule has 0 aromatic heterocycles. The molecule has 0 radical (unpaired) electrons. The number of non-ortho nitro benzene ring substituents is 1. The molecule has 0 aliphatic rings. The molecular formula is C23H23N3O7S. The van der Waals surface area contributed by atoms with Crippen LogP contribution in [-0.2, 0) is 14.8 Å². The molecule has 3 aromatic rings. The lowest BCUT2D eigenvalue weighted by molar-refractivity contribution is -0.384. The molecule has 0 fully saturated rings.